The van der Waals surface area contributed by atoms with Crippen LogP contribution in [0, 0.1) is 0 Å². The predicted molar refractivity (Wildman–Crippen MR) is 74.3 cm³/mol. The molecule has 2 bridgehead atoms. The lowest BCUT2D eigenvalue weighted by Crippen LogP contribution is -2.43. The molecule has 2 aliphatic heterocycles. The van der Waals surface area contributed by atoms with Gasteiger partial charge in [0, 0.05) is 23.8 Å². The van der Waals surface area contributed by atoms with Gasteiger partial charge in [0.05, 0.1) is 12.2 Å². The molecular weight excluding hydrogens is 248 g/mol. The molecular formula is C14H19ClN2O. The summed E-state index contributed by atoms with van der Waals surface area (Å²) in [6.07, 6.45) is 4.01. The van der Waals surface area contributed by atoms with Crippen molar-refractivity contribution >= 4 is 17.3 Å². The molecule has 18 heavy (non-hydrogen) atoms. The molecule has 4 heteroatoms. The van der Waals surface area contributed by atoms with Crippen LogP contribution in [0.2, 0.25) is 5.02 Å². The highest BCUT2D eigenvalue weighted by Gasteiger charge is 2.34. The zero-order valence-corrected chi connectivity index (χ0v) is 11.2. The maximum atomic E-state index is 6.30. The third-order valence-corrected chi connectivity index (χ3v) is 4.23. The number of anilines is 1. The summed E-state index contributed by atoms with van der Waals surface area (Å²) in [6, 6.07) is 6.13. The molecule has 2 atom stereocenters. The number of morpholine rings is 1. The third kappa shape index (κ3) is 2.22. The molecule has 0 aromatic heterocycles. The minimum absolute atomic E-state index is 0.397. The lowest BCUT2D eigenvalue weighted by molar-refractivity contribution is 0.0304. The molecule has 1 aromatic rings. The van der Waals surface area contributed by atoms with Gasteiger partial charge in [0.15, 0.2) is 0 Å². The first kappa shape index (κ1) is 12.3. The van der Waals surface area contributed by atoms with Gasteiger partial charge in [0.2, 0.25) is 0 Å². The number of ether oxygens (including phenoxy) is 1. The van der Waals surface area contributed by atoms with E-state index in [1.54, 1.807) is 0 Å². The van der Waals surface area contributed by atoms with Crippen molar-refractivity contribution in [2.45, 2.75) is 31.5 Å². The molecule has 3 nitrogen and oxygen atoms in total. The first-order valence-corrected chi connectivity index (χ1v) is 7.03. The van der Waals surface area contributed by atoms with E-state index >= 15 is 0 Å². The maximum Gasteiger partial charge on any atom is 0.0755 e. The van der Waals surface area contributed by atoms with Gasteiger partial charge in [-0.15, -0.1) is 0 Å². The fourth-order valence-corrected chi connectivity index (χ4v) is 3.31. The van der Waals surface area contributed by atoms with Crippen molar-refractivity contribution in [2.75, 3.05) is 24.5 Å². The predicted octanol–water partition coefficient (Wildman–Crippen LogP) is 2.21. The van der Waals surface area contributed by atoms with Gasteiger partial charge in [-0.3, -0.25) is 0 Å². The van der Waals surface area contributed by atoms with Crippen molar-refractivity contribution in [3.05, 3.63) is 28.8 Å². The van der Waals surface area contributed by atoms with Crippen molar-refractivity contribution in [3.8, 4) is 0 Å². The van der Waals surface area contributed by atoms with Crippen LogP contribution in [0.1, 0.15) is 18.4 Å². The zero-order valence-electron chi connectivity index (χ0n) is 10.4. The van der Waals surface area contributed by atoms with Crippen LogP contribution in [-0.2, 0) is 11.2 Å². The maximum absolute atomic E-state index is 6.30. The van der Waals surface area contributed by atoms with E-state index in [4.69, 9.17) is 22.1 Å². The fourth-order valence-electron chi connectivity index (χ4n) is 3.05. The molecule has 2 unspecified atom stereocenters. The van der Waals surface area contributed by atoms with Crippen LogP contribution >= 0.6 is 11.6 Å². The molecule has 0 spiro atoms. The lowest BCUT2D eigenvalue weighted by Gasteiger charge is -2.35. The number of rotatable bonds is 3. The van der Waals surface area contributed by atoms with Crippen molar-refractivity contribution in [1.82, 2.24) is 0 Å². The second kappa shape index (κ2) is 5.08. The van der Waals surface area contributed by atoms with E-state index in [1.807, 2.05) is 12.1 Å². The number of hydrogen-bond acceptors (Lipinski definition) is 3. The first-order valence-electron chi connectivity index (χ1n) is 6.66. The quantitative estimate of drug-likeness (QED) is 0.912. The molecule has 0 radical (unpaired) electrons. The molecule has 98 valence electrons. The van der Waals surface area contributed by atoms with Crippen LogP contribution in [0.15, 0.2) is 18.2 Å². The zero-order chi connectivity index (χ0) is 12.5. The average molecular weight is 267 g/mol. The van der Waals surface area contributed by atoms with E-state index in [-0.39, 0.29) is 0 Å². The lowest BCUT2D eigenvalue weighted by atomic mass is 10.1. The Balaban J connectivity index is 1.89. The Labute approximate surface area is 113 Å². The normalized spacial score (nSPS) is 26.7. The Kier molecular flexibility index (Phi) is 3.46. The van der Waals surface area contributed by atoms with Crippen molar-refractivity contribution < 1.29 is 4.74 Å². The van der Waals surface area contributed by atoms with Crippen molar-refractivity contribution in [3.63, 3.8) is 0 Å². The molecule has 2 heterocycles. The van der Waals surface area contributed by atoms with Crippen LogP contribution in [0.3, 0.4) is 0 Å². The summed E-state index contributed by atoms with van der Waals surface area (Å²) in [5.41, 5.74) is 8.12. The summed E-state index contributed by atoms with van der Waals surface area (Å²) >= 11 is 6.30. The highest BCUT2D eigenvalue weighted by Crippen LogP contribution is 2.33. The molecule has 3 rings (SSSR count). The molecule has 2 N–H and O–H groups in total. The molecule has 0 aliphatic carbocycles. The standard InChI is InChI=1S/C14H19ClN2O/c15-13-2-1-3-14(12(13)6-7-16)17-8-10-4-5-11(9-17)18-10/h1-3,10-11H,4-9,16H2. The monoisotopic (exact) mass is 266 g/mol. The minimum Gasteiger partial charge on any atom is -0.371 e. The summed E-state index contributed by atoms with van der Waals surface area (Å²) in [7, 11) is 0. The Morgan fingerprint density at radius 3 is 2.67 bits per heavy atom. The van der Waals surface area contributed by atoms with Gasteiger partial charge in [-0.05, 0) is 43.5 Å². The third-order valence-electron chi connectivity index (χ3n) is 3.87. The highest BCUT2D eigenvalue weighted by atomic mass is 35.5. The number of nitrogens with zero attached hydrogens (tertiary/aromatic N) is 1. The highest BCUT2D eigenvalue weighted by molar-refractivity contribution is 6.31. The average Bonchev–Trinajstić information content (AvgIpc) is 2.71. The summed E-state index contributed by atoms with van der Waals surface area (Å²) < 4.78 is 5.88. The molecule has 0 amide bonds. The van der Waals surface area contributed by atoms with E-state index < -0.39 is 0 Å². The van der Waals surface area contributed by atoms with E-state index in [1.165, 1.54) is 24.1 Å². The second-order valence-electron chi connectivity index (χ2n) is 5.14. The van der Waals surface area contributed by atoms with Crippen LogP contribution in [0.25, 0.3) is 0 Å². The molecule has 2 fully saturated rings. The summed E-state index contributed by atoms with van der Waals surface area (Å²) in [6.45, 7) is 2.59. The first-order chi connectivity index (χ1) is 8.78. The molecule has 1 aromatic carbocycles. The van der Waals surface area contributed by atoms with E-state index in [0.29, 0.717) is 18.8 Å². The van der Waals surface area contributed by atoms with Gasteiger partial charge in [-0.1, -0.05) is 17.7 Å². The van der Waals surface area contributed by atoms with Gasteiger partial charge in [0.25, 0.3) is 0 Å². The Bertz CT molecular complexity index is 426. The van der Waals surface area contributed by atoms with Crippen LogP contribution < -0.4 is 10.6 Å². The molecule has 0 saturated carbocycles. The van der Waals surface area contributed by atoms with Crippen LogP contribution in [0.4, 0.5) is 5.69 Å². The molecule has 2 aliphatic rings. The van der Waals surface area contributed by atoms with Crippen molar-refractivity contribution in [1.29, 1.82) is 0 Å². The Hall–Kier alpha value is -0.770. The van der Waals surface area contributed by atoms with E-state index in [0.717, 1.165) is 24.5 Å². The van der Waals surface area contributed by atoms with Gasteiger partial charge >= 0.3 is 0 Å². The largest absolute Gasteiger partial charge is 0.371 e. The topological polar surface area (TPSA) is 38.5 Å². The van der Waals surface area contributed by atoms with Gasteiger partial charge in [0.1, 0.15) is 0 Å². The number of hydrogen-bond donors (Lipinski definition) is 1. The van der Waals surface area contributed by atoms with Crippen LogP contribution in [0.5, 0.6) is 0 Å². The van der Waals surface area contributed by atoms with E-state index in [9.17, 15) is 0 Å². The van der Waals surface area contributed by atoms with Gasteiger partial charge < -0.3 is 15.4 Å². The van der Waals surface area contributed by atoms with E-state index in [2.05, 4.69) is 11.0 Å². The second-order valence-corrected chi connectivity index (χ2v) is 5.55. The Morgan fingerprint density at radius 2 is 2.00 bits per heavy atom. The number of fused-ring (bicyclic) bond motifs is 2. The summed E-state index contributed by atoms with van der Waals surface area (Å²) in [5, 5.41) is 0.830. The Morgan fingerprint density at radius 1 is 1.28 bits per heavy atom. The number of halogens is 1. The molecule has 2 saturated heterocycles. The smallest absolute Gasteiger partial charge is 0.0755 e. The fraction of sp³-hybridized carbons (Fsp3) is 0.571. The van der Waals surface area contributed by atoms with Crippen LogP contribution in [-0.4, -0.2) is 31.8 Å². The SMILES string of the molecule is NCCc1c(Cl)cccc1N1CC2CCC(C1)O2. The van der Waals surface area contributed by atoms with Gasteiger partial charge in [-0.2, -0.15) is 0 Å². The van der Waals surface area contributed by atoms with Gasteiger partial charge in [-0.25, -0.2) is 0 Å². The van der Waals surface area contributed by atoms with Crippen molar-refractivity contribution in [2.24, 2.45) is 5.73 Å². The summed E-state index contributed by atoms with van der Waals surface area (Å²) in [4.78, 5) is 2.42. The summed E-state index contributed by atoms with van der Waals surface area (Å²) in [5.74, 6) is 0. The number of nitrogens with two attached hydrogens (primary N) is 1. The number of benzene rings is 1. The minimum atomic E-state index is 0.397.